The molecule has 0 atom stereocenters. The molecule has 19 heavy (non-hydrogen) atoms. The van der Waals surface area contributed by atoms with Crippen molar-refractivity contribution in [1.82, 2.24) is 4.98 Å². The number of nitrogen functional groups attached to an aromatic ring is 1. The molecule has 3 nitrogen and oxygen atoms in total. The van der Waals surface area contributed by atoms with Gasteiger partial charge in [-0.25, -0.2) is 4.98 Å². The molecule has 0 saturated heterocycles. The zero-order valence-electron chi connectivity index (χ0n) is 11.2. The number of pyridine rings is 1. The maximum atomic E-state index is 6.05. The van der Waals surface area contributed by atoms with Crippen LogP contribution in [0.25, 0.3) is 0 Å². The van der Waals surface area contributed by atoms with Gasteiger partial charge in [0, 0.05) is 24.0 Å². The Bertz CT molecular complexity index is 576. The van der Waals surface area contributed by atoms with Gasteiger partial charge in [0.05, 0.1) is 0 Å². The van der Waals surface area contributed by atoms with Gasteiger partial charge in [0.2, 0.25) is 0 Å². The van der Waals surface area contributed by atoms with Gasteiger partial charge in [0.25, 0.3) is 0 Å². The van der Waals surface area contributed by atoms with E-state index in [4.69, 9.17) is 5.73 Å². The number of benzene rings is 1. The van der Waals surface area contributed by atoms with Crippen molar-refractivity contribution in [2.75, 3.05) is 10.6 Å². The first-order valence-corrected chi connectivity index (χ1v) is 6.78. The number of aryl methyl sites for hydroxylation is 1. The van der Waals surface area contributed by atoms with E-state index in [0.717, 1.165) is 23.7 Å². The Hall–Kier alpha value is -2.03. The molecule has 0 radical (unpaired) electrons. The van der Waals surface area contributed by atoms with E-state index in [9.17, 15) is 0 Å². The van der Waals surface area contributed by atoms with Gasteiger partial charge < -0.3 is 10.6 Å². The van der Waals surface area contributed by atoms with Gasteiger partial charge in [-0.3, -0.25) is 0 Å². The van der Waals surface area contributed by atoms with Crippen molar-refractivity contribution in [3.63, 3.8) is 0 Å². The molecule has 2 aromatic rings. The summed E-state index contributed by atoms with van der Waals surface area (Å²) in [5.74, 6) is 1.06. The molecular formula is C16H19N3. The summed E-state index contributed by atoms with van der Waals surface area (Å²) in [7, 11) is 0. The van der Waals surface area contributed by atoms with Crippen LogP contribution in [0.1, 0.15) is 24.1 Å². The van der Waals surface area contributed by atoms with Crippen molar-refractivity contribution >= 4 is 11.5 Å². The Balaban J connectivity index is 1.88. The summed E-state index contributed by atoms with van der Waals surface area (Å²) < 4.78 is 0. The van der Waals surface area contributed by atoms with Crippen LogP contribution < -0.4 is 10.6 Å². The summed E-state index contributed by atoms with van der Waals surface area (Å²) >= 11 is 0. The molecule has 0 amide bonds. The van der Waals surface area contributed by atoms with Gasteiger partial charge in [0.15, 0.2) is 0 Å². The Kier molecular flexibility index (Phi) is 3.11. The van der Waals surface area contributed by atoms with Gasteiger partial charge in [0.1, 0.15) is 5.82 Å². The zero-order valence-corrected chi connectivity index (χ0v) is 11.2. The van der Waals surface area contributed by atoms with Gasteiger partial charge >= 0.3 is 0 Å². The predicted molar refractivity (Wildman–Crippen MR) is 79.0 cm³/mol. The Labute approximate surface area is 114 Å². The molecule has 0 aliphatic heterocycles. The van der Waals surface area contributed by atoms with E-state index in [2.05, 4.69) is 28.1 Å². The average molecular weight is 253 g/mol. The summed E-state index contributed by atoms with van der Waals surface area (Å²) in [6.45, 7) is 2.87. The van der Waals surface area contributed by atoms with Crippen LogP contribution in [-0.2, 0) is 6.54 Å². The SMILES string of the molecule is Cc1cccc(N(Cc2ccccc2N)C2CC2)n1. The fourth-order valence-electron chi connectivity index (χ4n) is 2.33. The number of anilines is 2. The Morgan fingerprint density at radius 1 is 1.16 bits per heavy atom. The van der Waals surface area contributed by atoms with Crippen LogP contribution in [0.3, 0.4) is 0 Å². The van der Waals surface area contributed by atoms with Crippen molar-refractivity contribution in [2.24, 2.45) is 0 Å². The third-order valence-electron chi connectivity index (χ3n) is 3.55. The Morgan fingerprint density at radius 2 is 1.95 bits per heavy atom. The molecule has 0 bridgehead atoms. The molecule has 98 valence electrons. The quantitative estimate of drug-likeness (QED) is 0.851. The highest BCUT2D eigenvalue weighted by Gasteiger charge is 2.30. The van der Waals surface area contributed by atoms with E-state index in [1.165, 1.54) is 18.4 Å². The standard InChI is InChI=1S/C16H19N3/c1-12-5-4-8-16(18-12)19(14-9-10-14)11-13-6-2-3-7-15(13)17/h2-8,14H,9-11,17H2,1H3. The molecule has 3 heteroatoms. The monoisotopic (exact) mass is 253 g/mol. The summed E-state index contributed by atoms with van der Waals surface area (Å²) in [4.78, 5) is 7.02. The molecule has 1 aromatic heterocycles. The fourth-order valence-corrected chi connectivity index (χ4v) is 2.33. The van der Waals surface area contributed by atoms with Crippen molar-refractivity contribution in [2.45, 2.75) is 32.4 Å². The van der Waals surface area contributed by atoms with Gasteiger partial charge in [-0.15, -0.1) is 0 Å². The number of nitrogens with two attached hydrogens (primary N) is 1. The molecule has 1 aliphatic rings. The predicted octanol–water partition coefficient (Wildman–Crippen LogP) is 3.14. The van der Waals surface area contributed by atoms with Crippen LogP contribution in [0.4, 0.5) is 11.5 Å². The van der Waals surface area contributed by atoms with Crippen molar-refractivity contribution < 1.29 is 0 Å². The minimum absolute atomic E-state index is 0.619. The lowest BCUT2D eigenvalue weighted by Crippen LogP contribution is -2.26. The highest BCUT2D eigenvalue weighted by atomic mass is 15.2. The molecule has 0 unspecified atom stereocenters. The van der Waals surface area contributed by atoms with E-state index in [0.29, 0.717) is 6.04 Å². The molecule has 1 aliphatic carbocycles. The van der Waals surface area contributed by atoms with E-state index in [-0.39, 0.29) is 0 Å². The highest BCUT2D eigenvalue weighted by Crippen LogP contribution is 2.32. The molecule has 3 rings (SSSR count). The van der Waals surface area contributed by atoms with Crippen LogP contribution >= 0.6 is 0 Å². The molecule has 1 aromatic carbocycles. The van der Waals surface area contributed by atoms with Crippen molar-refractivity contribution in [1.29, 1.82) is 0 Å². The first kappa shape index (κ1) is 12.0. The number of aromatic nitrogens is 1. The lowest BCUT2D eigenvalue weighted by molar-refractivity contribution is 0.777. The molecule has 1 heterocycles. The lowest BCUT2D eigenvalue weighted by Gasteiger charge is -2.24. The molecule has 0 spiro atoms. The first-order valence-electron chi connectivity index (χ1n) is 6.78. The number of nitrogens with zero attached hydrogens (tertiary/aromatic N) is 2. The van der Waals surface area contributed by atoms with E-state index in [1.807, 2.05) is 31.2 Å². The summed E-state index contributed by atoms with van der Waals surface area (Å²) in [6, 6.07) is 14.9. The minimum Gasteiger partial charge on any atom is -0.398 e. The maximum absolute atomic E-state index is 6.05. The third kappa shape index (κ3) is 2.70. The smallest absolute Gasteiger partial charge is 0.129 e. The molecule has 1 saturated carbocycles. The van der Waals surface area contributed by atoms with Gasteiger partial charge in [-0.05, 0) is 43.5 Å². The summed E-state index contributed by atoms with van der Waals surface area (Å²) in [6.07, 6.45) is 2.50. The number of hydrogen-bond acceptors (Lipinski definition) is 3. The average Bonchev–Trinajstić information content (AvgIpc) is 3.22. The number of hydrogen-bond donors (Lipinski definition) is 1. The van der Waals surface area contributed by atoms with Crippen LogP contribution in [0, 0.1) is 6.92 Å². The Morgan fingerprint density at radius 3 is 2.63 bits per heavy atom. The second-order valence-corrected chi connectivity index (χ2v) is 5.20. The summed E-state index contributed by atoms with van der Waals surface area (Å²) in [5, 5.41) is 0. The van der Waals surface area contributed by atoms with E-state index >= 15 is 0 Å². The van der Waals surface area contributed by atoms with Crippen LogP contribution in [-0.4, -0.2) is 11.0 Å². The molecule has 1 fully saturated rings. The number of para-hydroxylation sites is 1. The molecule has 2 N–H and O–H groups in total. The second-order valence-electron chi connectivity index (χ2n) is 5.20. The normalized spacial score (nSPS) is 14.4. The van der Waals surface area contributed by atoms with Crippen LogP contribution in [0.2, 0.25) is 0 Å². The third-order valence-corrected chi connectivity index (χ3v) is 3.55. The van der Waals surface area contributed by atoms with Crippen LogP contribution in [0.5, 0.6) is 0 Å². The number of rotatable bonds is 4. The van der Waals surface area contributed by atoms with Crippen LogP contribution in [0.15, 0.2) is 42.5 Å². The second kappa shape index (κ2) is 4.92. The minimum atomic E-state index is 0.619. The van der Waals surface area contributed by atoms with Crippen molar-refractivity contribution in [3.05, 3.63) is 53.7 Å². The lowest BCUT2D eigenvalue weighted by atomic mass is 10.1. The van der Waals surface area contributed by atoms with Gasteiger partial charge in [-0.2, -0.15) is 0 Å². The zero-order chi connectivity index (χ0) is 13.2. The van der Waals surface area contributed by atoms with Crippen molar-refractivity contribution in [3.8, 4) is 0 Å². The van der Waals surface area contributed by atoms with E-state index < -0.39 is 0 Å². The summed E-state index contributed by atoms with van der Waals surface area (Å²) in [5.41, 5.74) is 9.15. The first-order chi connectivity index (χ1) is 9.24. The molecular weight excluding hydrogens is 234 g/mol. The van der Waals surface area contributed by atoms with Gasteiger partial charge in [-0.1, -0.05) is 24.3 Å². The fraction of sp³-hybridized carbons (Fsp3) is 0.312. The largest absolute Gasteiger partial charge is 0.398 e. The van der Waals surface area contributed by atoms with E-state index in [1.54, 1.807) is 0 Å². The highest BCUT2D eigenvalue weighted by molar-refractivity contribution is 5.51. The maximum Gasteiger partial charge on any atom is 0.129 e. The topological polar surface area (TPSA) is 42.1 Å².